The summed E-state index contributed by atoms with van der Waals surface area (Å²) in [6.07, 6.45) is 1.58. The van der Waals surface area contributed by atoms with Crippen LogP contribution < -0.4 is 14.8 Å². The molecule has 0 bridgehead atoms. The summed E-state index contributed by atoms with van der Waals surface area (Å²) in [6.45, 7) is 0.513. The van der Waals surface area contributed by atoms with Crippen molar-refractivity contribution in [3.05, 3.63) is 95.6 Å². The van der Waals surface area contributed by atoms with Crippen molar-refractivity contribution in [2.75, 3.05) is 14.2 Å². The van der Waals surface area contributed by atoms with E-state index in [2.05, 4.69) is 10.1 Å². The quantitative estimate of drug-likeness (QED) is 0.240. The molecule has 1 N–H and O–H groups in total. The average molecular weight is 520 g/mol. The van der Waals surface area contributed by atoms with Crippen LogP contribution in [0.1, 0.15) is 47.2 Å². The highest BCUT2D eigenvalue weighted by Gasteiger charge is 2.25. The average Bonchev–Trinajstić information content (AvgIpc) is 2.96. The summed E-state index contributed by atoms with van der Waals surface area (Å²) >= 11 is 0. The topological polar surface area (TPSA) is 100 Å². The number of ether oxygens (including phenoxy) is 4. The van der Waals surface area contributed by atoms with E-state index in [0.717, 1.165) is 11.1 Å². The van der Waals surface area contributed by atoms with E-state index >= 15 is 0 Å². The van der Waals surface area contributed by atoms with E-state index in [1.54, 1.807) is 18.2 Å². The Kier molecular flexibility index (Phi) is 11.2. The van der Waals surface area contributed by atoms with Gasteiger partial charge < -0.3 is 24.3 Å². The Balaban J connectivity index is 1.79. The molecule has 0 unspecified atom stereocenters. The number of unbranched alkanes of at least 4 members (excludes halogenated alkanes) is 1. The molecule has 0 radical (unpaired) electrons. The summed E-state index contributed by atoms with van der Waals surface area (Å²) in [5, 5.41) is 2.76. The molecule has 8 nitrogen and oxygen atoms in total. The van der Waals surface area contributed by atoms with E-state index in [4.69, 9.17) is 14.2 Å². The predicted octanol–water partition coefficient (Wildman–Crippen LogP) is 4.85. The first-order valence-electron chi connectivity index (χ1n) is 12.4. The summed E-state index contributed by atoms with van der Waals surface area (Å²) < 4.78 is 21.7. The van der Waals surface area contributed by atoms with E-state index < -0.39 is 17.9 Å². The van der Waals surface area contributed by atoms with Gasteiger partial charge in [0.1, 0.15) is 19.3 Å². The van der Waals surface area contributed by atoms with Gasteiger partial charge in [-0.3, -0.25) is 9.59 Å². The number of hydrogen-bond acceptors (Lipinski definition) is 7. The van der Waals surface area contributed by atoms with E-state index in [1.165, 1.54) is 14.2 Å². The lowest BCUT2D eigenvalue weighted by molar-refractivity contribution is -0.143. The maximum Gasteiger partial charge on any atom is 0.328 e. The molecule has 0 aromatic heterocycles. The third-order valence-electron chi connectivity index (χ3n) is 5.83. The van der Waals surface area contributed by atoms with E-state index in [0.29, 0.717) is 31.6 Å². The Morgan fingerprint density at radius 1 is 0.737 bits per heavy atom. The van der Waals surface area contributed by atoms with Crippen molar-refractivity contribution in [1.82, 2.24) is 5.32 Å². The molecule has 8 heteroatoms. The summed E-state index contributed by atoms with van der Waals surface area (Å²) in [4.78, 5) is 37.2. The highest BCUT2D eigenvalue weighted by Crippen LogP contribution is 2.33. The normalized spacial score (nSPS) is 11.2. The van der Waals surface area contributed by atoms with Gasteiger partial charge in [0.25, 0.3) is 5.91 Å². The van der Waals surface area contributed by atoms with Gasteiger partial charge in [0.15, 0.2) is 11.5 Å². The minimum absolute atomic E-state index is 0.223. The Hall–Kier alpha value is -4.33. The van der Waals surface area contributed by atoms with E-state index in [-0.39, 0.29) is 30.3 Å². The van der Waals surface area contributed by atoms with Crippen molar-refractivity contribution >= 4 is 17.8 Å². The fourth-order valence-electron chi connectivity index (χ4n) is 3.77. The number of amides is 1. The molecule has 0 spiro atoms. The van der Waals surface area contributed by atoms with Gasteiger partial charge in [0.05, 0.1) is 19.8 Å². The number of hydrogen-bond donors (Lipinski definition) is 1. The lowest BCUT2D eigenvalue weighted by Gasteiger charge is -2.19. The van der Waals surface area contributed by atoms with Gasteiger partial charge in [0.2, 0.25) is 0 Å². The Bertz CT molecular complexity index is 1180. The van der Waals surface area contributed by atoms with Gasteiger partial charge in [-0.1, -0.05) is 73.2 Å². The van der Waals surface area contributed by atoms with Crippen LogP contribution in [0, 0.1) is 0 Å². The monoisotopic (exact) mass is 519 g/mol. The molecule has 0 fully saturated rings. The Morgan fingerprint density at radius 3 is 1.97 bits per heavy atom. The van der Waals surface area contributed by atoms with Crippen molar-refractivity contribution in [3.8, 4) is 11.5 Å². The molecule has 38 heavy (non-hydrogen) atoms. The third kappa shape index (κ3) is 8.65. The Morgan fingerprint density at radius 2 is 1.37 bits per heavy atom. The van der Waals surface area contributed by atoms with Crippen LogP contribution in [0.4, 0.5) is 0 Å². The van der Waals surface area contributed by atoms with Crippen molar-refractivity contribution in [1.29, 1.82) is 0 Å². The van der Waals surface area contributed by atoms with Crippen LogP contribution in [0.15, 0.2) is 78.9 Å². The first-order chi connectivity index (χ1) is 18.5. The smallest absolute Gasteiger partial charge is 0.328 e. The van der Waals surface area contributed by atoms with Crippen LogP contribution in [0.3, 0.4) is 0 Å². The lowest BCUT2D eigenvalue weighted by atomic mass is 10.1. The molecule has 3 aromatic rings. The van der Waals surface area contributed by atoms with Crippen LogP contribution >= 0.6 is 0 Å². The highest BCUT2D eigenvalue weighted by molar-refractivity contribution is 5.99. The SMILES string of the molecule is COC(=O)CCCC[C@H](NC(=O)c1cccc(OCc2ccccc2)c1OCc1ccccc1)C(=O)OC. The predicted molar refractivity (Wildman–Crippen MR) is 142 cm³/mol. The molecule has 0 heterocycles. The van der Waals surface area contributed by atoms with Gasteiger partial charge in [-0.05, 0) is 36.1 Å². The van der Waals surface area contributed by atoms with Crippen LogP contribution in [0.2, 0.25) is 0 Å². The first-order valence-corrected chi connectivity index (χ1v) is 12.4. The number of carbonyl (C=O) groups is 3. The molecular weight excluding hydrogens is 486 g/mol. The number of esters is 2. The molecule has 200 valence electrons. The Labute approximate surface area is 222 Å². The number of methoxy groups -OCH3 is 2. The number of nitrogens with one attached hydrogen (secondary N) is 1. The fourth-order valence-corrected chi connectivity index (χ4v) is 3.77. The van der Waals surface area contributed by atoms with E-state index in [9.17, 15) is 14.4 Å². The molecule has 0 saturated carbocycles. The van der Waals surface area contributed by atoms with Gasteiger partial charge in [0, 0.05) is 6.42 Å². The van der Waals surface area contributed by atoms with Gasteiger partial charge in [-0.2, -0.15) is 0 Å². The van der Waals surface area contributed by atoms with Gasteiger partial charge >= 0.3 is 11.9 Å². The summed E-state index contributed by atoms with van der Waals surface area (Å²) in [5.74, 6) is -0.707. The van der Waals surface area contributed by atoms with Crippen molar-refractivity contribution < 1.29 is 33.3 Å². The maximum absolute atomic E-state index is 13.4. The molecule has 0 saturated heterocycles. The molecular formula is C30H33NO7. The standard InChI is InChI=1S/C30H33NO7/c1-35-27(32)19-10-9-17-25(30(34)36-2)31-29(33)24-16-11-18-26(37-20-22-12-5-3-6-13-22)28(24)38-21-23-14-7-4-8-15-23/h3-8,11-16,18,25H,9-10,17,19-21H2,1-2H3,(H,31,33)/t25-/m0/s1. The van der Waals surface area contributed by atoms with Gasteiger partial charge in [-0.15, -0.1) is 0 Å². The highest BCUT2D eigenvalue weighted by atomic mass is 16.5. The van der Waals surface area contributed by atoms with Crippen molar-refractivity contribution in [3.63, 3.8) is 0 Å². The molecule has 3 aromatic carbocycles. The largest absolute Gasteiger partial charge is 0.485 e. The number of para-hydroxylation sites is 1. The van der Waals surface area contributed by atoms with Crippen molar-refractivity contribution in [2.24, 2.45) is 0 Å². The summed E-state index contributed by atoms with van der Waals surface area (Å²) in [5.41, 5.74) is 2.12. The second-order valence-corrected chi connectivity index (χ2v) is 8.55. The summed E-state index contributed by atoms with van der Waals surface area (Å²) in [7, 11) is 2.59. The molecule has 0 aliphatic carbocycles. The maximum atomic E-state index is 13.4. The lowest BCUT2D eigenvalue weighted by Crippen LogP contribution is -2.41. The summed E-state index contributed by atoms with van der Waals surface area (Å²) in [6, 6.07) is 23.4. The molecule has 0 aliphatic rings. The minimum atomic E-state index is -0.888. The zero-order valence-corrected chi connectivity index (χ0v) is 21.7. The molecule has 1 amide bonds. The van der Waals surface area contributed by atoms with E-state index in [1.807, 2.05) is 60.7 Å². The molecule has 3 rings (SSSR count). The van der Waals surface area contributed by atoms with Crippen LogP contribution in [0.5, 0.6) is 11.5 Å². The van der Waals surface area contributed by atoms with Crippen LogP contribution in [0.25, 0.3) is 0 Å². The second kappa shape index (κ2) is 15.0. The first kappa shape index (κ1) is 28.2. The zero-order valence-electron chi connectivity index (χ0n) is 21.7. The van der Waals surface area contributed by atoms with Crippen LogP contribution in [-0.4, -0.2) is 38.1 Å². The second-order valence-electron chi connectivity index (χ2n) is 8.55. The van der Waals surface area contributed by atoms with Crippen LogP contribution in [-0.2, 0) is 32.3 Å². The fraction of sp³-hybridized carbons (Fsp3) is 0.300. The van der Waals surface area contributed by atoms with Gasteiger partial charge in [-0.25, -0.2) is 4.79 Å². The van der Waals surface area contributed by atoms with Crippen molar-refractivity contribution in [2.45, 2.75) is 44.9 Å². The molecule has 1 atom stereocenters. The number of carbonyl (C=O) groups excluding carboxylic acids is 3. The minimum Gasteiger partial charge on any atom is -0.485 e. The number of rotatable bonds is 14. The molecule has 0 aliphatic heterocycles. The number of benzene rings is 3. The third-order valence-corrected chi connectivity index (χ3v) is 5.83. The zero-order chi connectivity index (χ0) is 27.2.